The molecule has 0 aromatic carbocycles. The van der Waals surface area contributed by atoms with Gasteiger partial charge in [0.25, 0.3) is 0 Å². The van der Waals surface area contributed by atoms with Crippen molar-refractivity contribution in [3.8, 4) is 0 Å². The number of ether oxygens (including phenoxy) is 2. The van der Waals surface area contributed by atoms with Gasteiger partial charge in [0.1, 0.15) is 18.0 Å². The highest BCUT2D eigenvalue weighted by Gasteiger charge is 2.19. The van der Waals surface area contributed by atoms with E-state index in [9.17, 15) is 14.4 Å². The first-order chi connectivity index (χ1) is 9.60. The maximum absolute atomic E-state index is 11.8. The monoisotopic (exact) mass is 301 g/mol. The molecule has 0 saturated heterocycles. The Morgan fingerprint density at radius 3 is 2.14 bits per heavy atom. The fourth-order valence-corrected chi connectivity index (χ4v) is 1.70. The van der Waals surface area contributed by atoms with E-state index in [4.69, 9.17) is 9.47 Å². The van der Waals surface area contributed by atoms with E-state index in [0.717, 1.165) is 0 Å². The lowest BCUT2D eigenvalue weighted by Crippen LogP contribution is -2.37. The summed E-state index contributed by atoms with van der Waals surface area (Å²) in [6, 6.07) is 0. The second kappa shape index (κ2) is 9.50. The molecule has 0 fully saturated rings. The molecule has 21 heavy (non-hydrogen) atoms. The van der Waals surface area contributed by atoms with Crippen LogP contribution in [-0.2, 0) is 23.9 Å². The van der Waals surface area contributed by atoms with Crippen LogP contribution in [0.1, 0.15) is 47.5 Å². The van der Waals surface area contributed by atoms with E-state index in [-0.39, 0.29) is 30.9 Å². The van der Waals surface area contributed by atoms with Gasteiger partial charge in [-0.15, -0.1) is 0 Å². The zero-order chi connectivity index (χ0) is 16.5. The van der Waals surface area contributed by atoms with Gasteiger partial charge in [-0.3, -0.25) is 14.5 Å². The number of esters is 2. The Hall–Kier alpha value is -1.43. The lowest BCUT2D eigenvalue weighted by atomic mass is 10.2. The van der Waals surface area contributed by atoms with Crippen LogP contribution in [0, 0.1) is 0 Å². The first-order valence-corrected chi connectivity index (χ1v) is 7.17. The minimum absolute atomic E-state index is 0.118. The zero-order valence-electron chi connectivity index (χ0n) is 13.7. The van der Waals surface area contributed by atoms with Crippen molar-refractivity contribution in [1.82, 2.24) is 4.90 Å². The van der Waals surface area contributed by atoms with Crippen molar-refractivity contribution in [3.05, 3.63) is 0 Å². The third kappa shape index (κ3) is 13.3. The van der Waals surface area contributed by atoms with E-state index in [1.807, 2.05) is 25.7 Å². The molecule has 0 amide bonds. The number of nitrogens with zero attached hydrogens (tertiary/aromatic N) is 1. The molecule has 0 bridgehead atoms. The molecule has 0 atom stereocenters. The molecule has 0 aromatic rings. The van der Waals surface area contributed by atoms with Gasteiger partial charge in [-0.2, -0.15) is 0 Å². The Bertz CT molecular complexity index is 340. The highest BCUT2D eigenvalue weighted by atomic mass is 16.6. The fraction of sp³-hybridized carbons (Fsp3) is 0.800. The van der Waals surface area contributed by atoms with Gasteiger partial charge in [0.15, 0.2) is 0 Å². The summed E-state index contributed by atoms with van der Waals surface area (Å²) in [5, 5.41) is 0. The molecule has 6 heteroatoms. The van der Waals surface area contributed by atoms with E-state index in [0.29, 0.717) is 25.9 Å². The van der Waals surface area contributed by atoms with E-state index < -0.39 is 5.60 Å². The van der Waals surface area contributed by atoms with Crippen LogP contribution >= 0.6 is 0 Å². The first kappa shape index (κ1) is 19.6. The van der Waals surface area contributed by atoms with Gasteiger partial charge in [-0.25, -0.2) is 0 Å². The van der Waals surface area contributed by atoms with Crippen molar-refractivity contribution in [3.63, 3.8) is 0 Å². The molecule has 0 unspecified atom stereocenters. The predicted octanol–water partition coefficient (Wildman–Crippen LogP) is 1.56. The van der Waals surface area contributed by atoms with Gasteiger partial charge in [-0.1, -0.05) is 0 Å². The van der Waals surface area contributed by atoms with Crippen LogP contribution in [0.2, 0.25) is 0 Å². The third-order valence-electron chi connectivity index (χ3n) is 2.49. The molecule has 0 heterocycles. The number of hydrogen-bond donors (Lipinski definition) is 0. The molecule has 122 valence electrons. The summed E-state index contributed by atoms with van der Waals surface area (Å²) in [6.07, 6.45) is 1.14. The van der Waals surface area contributed by atoms with Gasteiger partial charge >= 0.3 is 11.9 Å². The average Bonchev–Trinajstić information content (AvgIpc) is 2.24. The Morgan fingerprint density at radius 1 is 1.05 bits per heavy atom. The summed E-state index contributed by atoms with van der Waals surface area (Å²) in [5.41, 5.74) is -0.530. The summed E-state index contributed by atoms with van der Waals surface area (Å²) in [4.78, 5) is 35.4. The second-order valence-electron chi connectivity index (χ2n) is 6.01. The van der Waals surface area contributed by atoms with Gasteiger partial charge in [0.2, 0.25) is 0 Å². The lowest BCUT2D eigenvalue weighted by molar-refractivity contribution is -0.156. The Labute approximate surface area is 126 Å². The topological polar surface area (TPSA) is 72.9 Å². The van der Waals surface area contributed by atoms with Gasteiger partial charge in [0.05, 0.1) is 6.54 Å². The molecule has 0 aliphatic heterocycles. The molecular weight excluding hydrogens is 274 g/mol. The lowest BCUT2D eigenvalue weighted by Gasteiger charge is -2.24. The molecule has 0 aliphatic rings. The van der Waals surface area contributed by atoms with Crippen molar-refractivity contribution in [2.75, 3.05) is 26.2 Å². The van der Waals surface area contributed by atoms with Crippen LogP contribution in [-0.4, -0.2) is 54.5 Å². The predicted molar refractivity (Wildman–Crippen MR) is 78.8 cm³/mol. The minimum Gasteiger partial charge on any atom is -0.465 e. The normalized spacial score (nSPS) is 11.3. The highest BCUT2D eigenvalue weighted by molar-refractivity contribution is 5.75. The SMILES string of the molecule is CC(=O)CCCN(CCOC(C)=O)CC(=O)OC(C)(C)C. The summed E-state index contributed by atoms with van der Waals surface area (Å²) < 4.78 is 10.2. The Balaban J connectivity index is 4.31. The van der Waals surface area contributed by atoms with Gasteiger partial charge in [0, 0.05) is 19.9 Å². The third-order valence-corrected chi connectivity index (χ3v) is 2.49. The molecule has 0 spiro atoms. The van der Waals surface area contributed by atoms with Crippen molar-refractivity contribution < 1.29 is 23.9 Å². The number of carbonyl (C=O) groups excluding carboxylic acids is 3. The number of carbonyl (C=O) groups is 3. The molecule has 0 N–H and O–H groups in total. The van der Waals surface area contributed by atoms with Crippen LogP contribution in [0.15, 0.2) is 0 Å². The number of ketones is 1. The first-order valence-electron chi connectivity index (χ1n) is 7.17. The molecule has 0 saturated carbocycles. The Morgan fingerprint density at radius 2 is 1.67 bits per heavy atom. The summed E-state index contributed by atoms with van der Waals surface area (Å²) in [5.74, 6) is -0.559. The van der Waals surface area contributed by atoms with Crippen LogP contribution in [0.3, 0.4) is 0 Å². The standard InChI is InChI=1S/C15H27NO5/c1-12(17)7-6-8-16(9-10-20-13(2)18)11-14(19)21-15(3,4)5/h6-11H2,1-5H3. The smallest absolute Gasteiger partial charge is 0.320 e. The van der Waals surface area contributed by atoms with Crippen LogP contribution < -0.4 is 0 Å². The average molecular weight is 301 g/mol. The van der Waals surface area contributed by atoms with Crippen molar-refractivity contribution in [2.45, 2.75) is 53.1 Å². The quantitative estimate of drug-likeness (QED) is 0.602. The summed E-state index contributed by atoms with van der Waals surface area (Å²) in [6.45, 7) is 9.67. The zero-order valence-corrected chi connectivity index (χ0v) is 13.7. The molecule has 6 nitrogen and oxygen atoms in total. The minimum atomic E-state index is -0.530. The van der Waals surface area contributed by atoms with E-state index >= 15 is 0 Å². The van der Waals surface area contributed by atoms with Crippen molar-refractivity contribution in [2.24, 2.45) is 0 Å². The van der Waals surface area contributed by atoms with Crippen LogP contribution in [0.4, 0.5) is 0 Å². The second-order valence-corrected chi connectivity index (χ2v) is 6.01. The maximum Gasteiger partial charge on any atom is 0.320 e. The Kier molecular flexibility index (Phi) is 8.85. The molecule has 0 rings (SSSR count). The highest BCUT2D eigenvalue weighted by Crippen LogP contribution is 2.08. The van der Waals surface area contributed by atoms with Gasteiger partial charge in [-0.05, 0) is 40.7 Å². The largest absolute Gasteiger partial charge is 0.465 e. The van der Waals surface area contributed by atoms with E-state index in [2.05, 4.69) is 0 Å². The molecule has 0 aliphatic carbocycles. The van der Waals surface area contributed by atoms with Crippen LogP contribution in [0.5, 0.6) is 0 Å². The fourth-order valence-electron chi connectivity index (χ4n) is 1.70. The van der Waals surface area contributed by atoms with E-state index in [1.165, 1.54) is 13.8 Å². The number of rotatable bonds is 9. The van der Waals surface area contributed by atoms with Crippen LogP contribution in [0.25, 0.3) is 0 Å². The van der Waals surface area contributed by atoms with Crippen molar-refractivity contribution in [1.29, 1.82) is 0 Å². The number of Topliss-reactive ketones (excluding diaryl/α,β-unsaturated/α-hetero) is 1. The molecular formula is C15H27NO5. The summed E-state index contributed by atoms with van der Waals surface area (Å²) >= 11 is 0. The van der Waals surface area contributed by atoms with Crippen molar-refractivity contribution >= 4 is 17.7 Å². The van der Waals surface area contributed by atoms with Gasteiger partial charge < -0.3 is 14.3 Å². The van der Waals surface area contributed by atoms with E-state index in [1.54, 1.807) is 0 Å². The maximum atomic E-state index is 11.8. The molecule has 0 radical (unpaired) electrons. The number of hydrogen-bond acceptors (Lipinski definition) is 6. The summed E-state index contributed by atoms with van der Waals surface area (Å²) in [7, 11) is 0. The molecule has 0 aromatic heterocycles.